The fraction of sp³-hybridized carbons (Fsp3) is 0. The second kappa shape index (κ2) is 4.92. The lowest BCUT2D eigenvalue weighted by Gasteiger charge is -2.04. The predicted molar refractivity (Wildman–Crippen MR) is 59.5 cm³/mol. The third-order valence-electron chi connectivity index (χ3n) is 1.94. The monoisotopic (exact) mass is 250 g/mol. The van der Waals surface area contributed by atoms with Crippen molar-refractivity contribution in [2.24, 2.45) is 0 Å². The van der Waals surface area contributed by atoms with Gasteiger partial charge in [0.15, 0.2) is 0 Å². The fourth-order valence-electron chi connectivity index (χ4n) is 1.21. The number of carboxylic acid groups (broad SMARTS) is 1. The summed E-state index contributed by atoms with van der Waals surface area (Å²) in [6, 6.07) is 5.28. The third kappa shape index (κ3) is 2.79. The van der Waals surface area contributed by atoms with Gasteiger partial charge >= 0.3 is 5.97 Å². The summed E-state index contributed by atoms with van der Waals surface area (Å²) >= 11 is 1.15. The van der Waals surface area contributed by atoms with E-state index in [9.17, 15) is 9.18 Å². The van der Waals surface area contributed by atoms with Crippen molar-refractivity contribution in [3.05, 3.63) is 48.2 Å². The maximum Gasteiger partial charge on any atom is 0.336 e. The molecule has 2 rings (SSSR count). The molecule has 0 atom stereocenters. The molecule has 86 valence electrons. The number of nitrogens with zero attached hydrogens (tertiary/aromatic N) is 2. The second-order valence-electron chi connectivity index (χ2n) is 3.10. The van der Waals surface area contributed by atoms with Gasteiger partial charge in [-0.3, -0.25) is 0 Å². The number of halogens is 1. The van der Waals surface area contributed by atoms with Gasteiger partial charge in [-0.05, 0) is 24.3 Å². The number of aromatic carboxylic acids is 1. The molecule has 0 saturated heterocycles. The average molecular weight is 250 g/mol. The van der Waals surface area contributed by atoms with E-state index in [1.807, 2.05) is 0 Å². The van der Waals surface area contributed by atoms with Crippen LogP contribution in [0, 0.1) is 5.82 Å². The maximum atomic E-state index is 12.9. The van der Waals surface area contributed by atoms with Crippen LogP contribution in [0.1, 0.15) is 10.4 Å². The van der Waals surface area contributed by atoms with Crippen LogP contribution in [0.2, 0.25) is 0 Å². The molecule has 1 heterocycles. The van der Waals surface area contributed by atoms with Gasteiger partial charge in [-0.1, -0.05) is 11.8 Å². The molecule has 1 aromatic carbocycles. The molecule has 4 nitrogen and oxygen atoms in total. The summed E-state index contributed by atoms with van der Waals surface area (Å²) in [5, 5.41) is 9.56. The maximum absolute atomic E-state index is 12.9. The van der Waals surface area contributed by atoms with Gasteiger partial charge in [-0.25, -0.2) is 19.2 Å². The lowest BCUT2D eigenvalue weighted by molar-refractivity contribution is 0.0692. The molecular formula is C11H7FN2O2S. The van der Waals surface area contributed by atoms with Crippen molar-refractivity contribution in [3.8, 4) is 0 Å². The van der Waals surface area contributed by atoms with Crippen molar-refractivity contribution < 1.29 is 14.3 Å². The quantitative estimate of drug-likeness (QED) is 0.848. The molecular weight excluding hydrogens is 243 g/mol. The van der Waals surface area contributed by atoms with Crippen LogP contribution in [0.4, 0.5) is 4.39 Å². The largest absolute Gasteiger partial charge is 0.478 e. The van der Waals surface area contributed by atoms with Crippen LogP contribution in [0.15, 0.2) is 46.7 Å². The molecule has 0 spiro atoms. The van der Waals surface area contributed by atoms with Gasteiger partial charge in [0, 0.05) is 11.1 Å². The topological polar surface area (TPSA) is 63.1 Å². The zero-order chi connectivity index (χ0) is 12.3. The number of aromatic nitrogens is 2. The van der Waals surface area contributed by atoms with Crippen LogP contribution in [0.5, 0.6) is 0 Å². The van der Waals surface area contributed by atoms with Crippen molar-refractivity contribution in [2.75, 3.05) is 0 Å². The van der Waals surface area contributed by atoms with E-state index in [-0.39, 0.29) is 5.56 Å². The first-order valence-electron chi connectivity index (χ1n) is 4.63. The van der Waals surface area contributed by atoms with Gasteiger partial charge in [0.2, 0.25) is 0 Å². The molecule has 0 bridgehead atoms. The highest BCUT2D eigenvalue weighted by Crippen LogP contribution is 2.29. The normalized spacial score (nSPS) is 10.2. The minimum atomic E-state index is -1.17. The summed E-state index contributed by atoms with van der Waals surface area (Å²) in [4.78, 5) is 19.1. The molecule has 0 saturated carbocycles. The van der Waals surface area contributed by atoms with Gasteiger partial charge in [0.05, 0.1) is 5.56 Å². The lowest BCUT2D eigenvalue weighted by atomic mass is 10.2. The smallest absolute Gasteiger partial charge is 0.336 e. The Kier molecular flexibility index (Phi) is 3.34. The first-order valence-corrected chi connectivity index (χ1v) is 5.45. The van der Waals surface area contributed by atoms with E-state index in [2.05, 4.69) is 9.97 Å². The Morgan fingerprint density at radius 3 is 2.82 bits per heavy atom. The Labute approximate surface area is 101 Å². The van der Waals surface area contributed by atoms with Crippen molar-refractivity contribution in [2.45, 2.75) is 9.92 Å². The number of benzene rings is 1. The molecule has 1 aromatic heterocycles. The molecule has 0 radical (unpaired) electrons. The third-order valence-corrected chi connectivity index (χ3v) is 2.97. The molecule has 6 heteroatoms. The summed E-state index contributed by atoms with van der Waals surface area (Å²) in [6.45, 7) is 0. The SMILES string of the molecule is O=C(O)c1cc(F)ccc1Sc1ccncn1. The summed E-state index contributed by atoms with van der Waals surface area (Å²) in [7, 11) is 0. The van der Waals surface area contributed by atoms with E-state index in [0.29, 0.717) is 9.92 Å². The standard InChI is InChI=1S/C11H7FN2O2S/c12-7-1-2-9(8(5-7)11(15)16)17-10-3-4-13-6-14-10/h1-6H,(H,15,16). The van der Waals surface area contributed by atoms with Crippen LogP contribution in [-0.2, 0) is 0 Å². The molecule has 17 heavy (non-hydrogen) atoms. The first-order chi connectivity index (χ1) is 8.16. The number of rotatable bonds is 3. The summed E-state index contributed by atoms with van der Waals surface area (Å²) in [6.07, 6.45) is 2.92. The molecule has 0 aliphatic carbocycles. The number of carboxylic acids is 1. The van der Waals surface area contributed by atoms with Gasteiger partial charge < -0.3 is 5.11 Å². The number of hydrogen-bond acceptors (Lipinski definition) is 4. The number of carbonyl (C=O) groups is 1. The zero-order valence-corrected chi connectivity index (χ0v) is 9.32. The van der Waals surface area contributed by atoms with Gasteiger partial charge in [-0.15, -0.1) is 0 Å². The van der Waals surface area contributed by atoms with Crippen molar-refractivity contribution >= 4 is 17.7 Å². The first kappa shape index (κ1) is 11.5. The van der Waals surface area contributed by atoms with Gasteiger partial charge in [0.1, 0.15) is 17.2 Å². The molecule has 0 aliphatic heterocycles. The van der Waals surface area contributed by atoms with Gasteiger partial charge in [0.25, 0.3) is 0 Å². The van der Waals surface area contributed by atoms with Crippen LogP contribution in [-0.4, -0.2) is 21.0 Å². The van der Waals surface area contributed by atoms with Crippen molar-refractivity contribution in [3.63, 3.8) is 0 Å². The van der Waals surface area contributed by atoms with E-state index in [4.69, 9.17) is 5.11 Å². The van der Waals surface area contributed by atoms with Crippen LogP contribution in [0.25, 0.3) is 0 Å². The highest BCUT2D eigenvalue weighted by atomic mass is 32.2. The average Bonchev–Trinajstić information content (AvgIpc) is 2.32. The Bertz CT molecular complexity index is 548. The molecule has 0 unspecified atom stereocenters. The lowest BCUT2D eigenvalue weighted by Crippen LogP contribution is -1.99. The van der Waals surface area contributed by atoms with E-state index >= 15 is 0 Å². The molecule has 0 amide bonds. The fourth-order valence-corrected chi connectivity index (χ4v) is 2.06. The predicted octanol–water partition coefficient (Wildman–Crippen LogP) is 2.47. The Morgan fingerprint density at radius 1 is 1.35 bits per heavy atom. The molecule has 2 aromatic rings. The molecule has 0 fully saturated rings. The van der Waals surface area contributed by atoms with E-state index in [1.165, 1.54) is 18.5 Å². The summed E-state index contributed by atoms with van der Waals surface area (Å²) < 4.78 is 12.9. The van der Waals surface area contributed by atoms with E-state index in [0.717, 1.165) is 17.8 Å². The molecule has 0 aliphatic rings. The van der Waals surface area contributed by atoms with Crippen LogP contribution in [0.3, 0.4) is 0 Å². The van der Waals surface area contributed by atoms with Crippen LogP contribution < -0.4 is 0 Å². The zero-order valence-electron chi connectivity index (χ0n) is 8.50. The Balaban J connectivity index is 2.36. The van der Waals surface area contributed by atoms with Gasteiger partial charge in [-0.2, -0.15) is 0 Å². The Morgan fingerprint density at radius 2 is 2.18 bits per heavy atom. The summed E-state index contributed by atoms with van der Waals surface area (Å²) in [5.41, 5.74) is -0.0754. The minimum absolute atomic E-state index is 0.0754. The highest BCUT2D eigenvalue weighted by Gasteiger charge is 2.12. The van der Waals surface area contributed by atoms with Crippen molar-refractivity contribution in [1.82, 2.24) is 9.97 Å². The summed E-state index contributed by atoms with van der Waals surface area (Å²) in [5.74, 6) is -1.74. The molecule has 1 N–H and O–H groups in total. The van der Waals surface area contributed by atoms with E-state index < -0.39 is 11.8 Å². The van der Waals surface area contributed by atoms with Crippen LogP contribution >= 0.6 is 11.8 Å². The highest BCUT2D eigenvalue weighted by molar-refractivity contribution is 7.99. The second-order valence-corrected chi connectivity index (χ2v) is 4.16. The number of hydrogen-bond donors (Lipinski definition) is 1. The van der Waals surface area contributed by atoms with E-state index in [1.54, 1.807) is 12.3 Å². The Hall–Kier alpha value is -1.95. The minimum Gasteiger partial charge on any atom is -0.478 e. The van der Waals surface area contributed by atoms with Crippen molar-refractivity contribution in [1.29, 1.82) is 0 Å².